The van der Waals surface area contributed by atoms with Crippen LogP contribution >= 0.6 is 0 Å². The largest absolute Gasteiger partial charge is 0.480 e. The van der Waals surface area contributed by atoms with E-state index in [2.05, 4.69) is 0 Å². The Kier molecular flexibility index (Phi) is 8.07. The molecule has 2 amide bonds. The fourth-order valence-corrected chi connectivity index (χ4v) is 2.48. The number of hydrogen-bond acceptors (Lipinski definition) is 4. The van der Waals surface area contributed by atoms with Crippen LogP contribution in [0.4, 0.5) is 4.79 Å². The zero-order chi connectivity index (χ0) is 15.7. The van der Waals surface area contributed by atoms with E-state index in [-0.39, 0.29) is 6.03 Å². The number of carboxylic acid groups (broad SMARTS) is 1. The van der Waals surface area contributed by atoms with E-state index in [4.69, 9.17) is 9.47 Å². The highest BCUT2D eigenvalue weighted by molar-refractivity contribution is 5.82. The van der Waals surface area contributed by atoms with Gasteiger partial charge in [-0.1, -0.05) is 12.8 Å². The Labute approximate surface area is 125 Å². The first-order valence-corrected chi connectivity index (χ1v) is 7.38. The number of amides is 2. The van der Waals surface area contributed by atoms with Gasteiger partial charge in [0.1, 0.15) is 6.04 Å². The van der Waals surface area contributed by atoms with Crippen molar-refractivity contribution >= 4 is 12.0 Å². The molecule has 1 aliphatic rings. The predicted molar refractivity (Wildman–Crippen MR) is 77.3 cm³/mol. The first kappa shape index (κ1) is 17.7. The minimum atomic E-state index is -0.927. The van der Waals surface area contributed by atoms with E-state index in [9.17, 15) is 14.7 Å². The Morgan fingerprint density at radius 2 is 1.76 bits per heavy atom. The van der Waals surface area contributed by atoms with Crippen molar-refractivity contribution in [3.05, 3.63) is 0 Å². The SMILES string of the molecule is COCCN(CCOC)C(=O)N1CCCCCC1C(=O)O. The van der Waals surface area contributed by atoms with Gasteiger partial charge >= 0.3 is 12.0 Å². The maximum atomic E-state index is 12.7. The quantitative estimate of drug-likeness (QED) is 0.760. The highest BCUT2D eigenvalue weighted by Gasteiger charge is 2.33. The molecule has 7 heteroatoms. The molecule has 1 rings (SSSR count). The lowest BCUT2D eigenvalue weighted by Crippen LogP contribution is -2.52. The molecule has 0 spiro atoms. The highest BCUT2D eigenvalue weighted by atomic mass is 16.5. The molecular weight excluding hydrogens is 276 g/mol. The Morgan fingerprint density at radius 3 is 2.29 bits per heavy atom. The van der Waals surface area contributed by atoms with Gasteiger partial charge in [-0.2, -0.15) is 0 Å². The van der Waals surface area contributed by atoms with Crippen molar-refractivity contribution in [1.29, 1.82) is 0 Å². The van der Waals surface area contributed by atoms with Crippen molar-refractivity contribution in [2.45, 2.75) is 31.7 Å². The summed E-state index contributed by atoms with van der Waals surface area (Å²) in [5.74, 6) is -0.927. The van der Waals surface area contributed by atoms with E-state index in [1.807, 2.05) is 0 Å². The number of urea groups is 1. The van der Waals surface area contributed by atoms with Gasteiger partial charge in [-0.3, -0.25) is 0 Å². The molecule has 0 radical (unpaired) electrons. The van der Waals surface area contributed by atoms with Crippen LogP contribution in [0.1, 0.15) is 25.7 Å². The molecule has 122 valence electrons. The Hall–Kier alpha value is -1.34. The van der Waals surface area contributed by atoms with Crippen LogP contribution in [0.3, 0.4) is 0 Å². The van der Waals surface area contributed by atoms with E-state index < -0.39 is 12.0 Å². The molecular formula is C14H26N2O5. The van der Waals surface area contributed by atoms with Crippen molar-refractivity contribution < 1.29 is 24.2 Å². The van der Waals surface area contributed by atoms with Crippen molar-refractivity contribution in [2.75, 3.05) is 47.1 Å². The molecule has 0 aromatic rings. The van der Waals surface area contributed by atoms with E-state index in [1.54, 1.807) is 19.1 Å². The van der Waals surface area contributed by atoms with Gasteiger partial charge in [-0.25, -0.2) is 9.59 Å². The lowest BCUT2D eigenvalue weighted by atomic mass is 10.1. The van der Waals surface area contributed by atoms with Crippen LogP contribution in [0, 0.1) is 0 Å². The van der Waals surface area contributed by atoms with Crippen molar-refractivity contribution in [3.63, 3.8) is 0 Å². The smallest absolute Gasteiger partial charge is 0.326 e. The number of hydrogen-bond donors (Lipinski definition) is 1. The monoisotopic (exact) mass is 302 g/mol. The van der Waals surface area contributed by atoms with Crippen LogP contribution in [0.25, 0.3) is 0 Å². The van der Waals surface area contributed by atoms with Crippen LogP contribution < -0.4 is 0 Å². The molecule has 1 N–H and O–H groups in total. The van der Waals surface area contributed by atoms with Crippen molar-refractivity contribution in [3.8, 4) is 0 Å². The van der Waals surface area contributed by atoms with Gasteiger partial charge in [0.15, 0.2) is 0 Å². The second-order valence-electron chi connectivity index (χ2n) is 5.15. The summed E-state index contributed by atoms with van der Waals surface area (Å²) in [7, 11) is 3.15. The number of aliphatic carboxylic acids is 1. The third kappa shape index (κ3) is 5.51. The molecule has 0 aromatic carbocycles. The Balaban J connectivity index is 2.78. The van der Waals surface area contributed by atoms with Gasteiger partial charge in [0, 0.05) is 33.9 Å². The van der Waals surface area contributed by atoms with Crippen LogP contribution in [-0.4, -0.2) is 80.0 Å². The molecule has 1 unspecified atom stereocenters. The fourth-order valence-electron chi connectivity index (χ4n) is 2.48. The van der Waals surface area contributed by atoms with Crippen molar-refractivity contribution in [2.24, 2.45) is 0 Å². The van der Waals surface area contributed by atoms with E-state index in [0.717, 1.165) is 19.3 Å². The predicted octanol–water partition coefficient (Wildman–Crippen LogP) is 1.03. The molecule has 1 heterocycles. The molecule has 1 aliphatic heterocycles. The summed E-state index contributed by atoms with van der Waals surface area (Å²) in [5.41, 5.74) is 0. The minimum absolute atomic E-state index is 0.238. The number of rotatable bonds is 7. The van der Waals surface area contributed by atoms with E-state index >= 15 is 0 Å². The molecule has 0 bridgehead atoms. The lowest BCUT2D eigenvalue weighted by Gasteiger charge is -2.33. The zero-order valence-corrected chi connectivity index (χ0v) is 12.9. The first-order valence-electron chi connectivity index (χ1n) is 7.38. The molecule has 1 fully saturated rings. The van der Waals surface area contributed by atoms with Gasteiger partial charge in [0.2, 0.25) is 0 Å². The molecule has 0 aliphatic carbocycles. The van der Waals surface area contributed by atoms with E-state index in [1.165, 1.54) is 4.90 Å². The van der Waals surface area contributed by atoms with Crippen LogP contribution in [-0.2, 0) is 14.3 Å². The molecule has 0 aromatic heterocycles. The minimum Gasteiger partial charge on any atom is -0.480 e. The number of carbonyl (C=O) groups is 2. The summed E-state index contributed by atoms with van der Waals surface area (Å²) >= 11 is 0. The summed E-state index contributed by atoms with van der Waals surface area (Å²) in [4.78, 5) is 27.2. The van der Waals surface area contributed by atoms with Crippen LogP contribution in [0.15, 0.2) is 0 Å². The van der Waals surface area contributed by atoms with Crippen LogP contribution in [0.5, 0.6) is 0 Å². The van der Waals surface area contributed by atoms with Gasteiger partial charge in [-0.15, -0.1) is 0 Å². The lowest BCUT2D eigenvalue weighted by molar-refractivity contribution is -0.142. The standard InChI is InChI=1S/C14H26N2O5/c1-20-10-8-15(9-11-21-2)14(19)16-7-5-3-4-6-12(16)13(17)18/h12H,3-11H2,1-2H3,(H,17,18). The average Bonchev–Trinajstić information content (AvgIpc) is 2.72. The zero-order valence-electron chi connectivity index (χ0n) is 12.9. The van der Waals surface area contributed by atoms with Gasteiger partial charge in [-0.05, 0) is 12.8 Å². The summed E-state index contributed by atoms with van der Waals surface area (Å²) < 4.78 is 10.0. The summed E-state index contributed by atoms with van der Waals surface area (Å²) in [6.07, 6.45) is 3.17. The first-order chi connectivity index (χ1) is 10.1. The Bertz CT molecular complexity index is 329. The third-order valence-corrected chi connectivity index (χ3v) is 3.68. The molecule has 1 atom stereocenters. The third-order valence-electron chi connectivity index (χ3n) is 3.68. The molecule has 7 nitrogen and oxygen atoms in total. The normalized spacial score (nSPS) is 19.1. The summed E-state index contributed by atoms with van der Waals surface area (Å²) in [6, 6.07) is -0.967. The number of methoxy groups -OCH3 is 2. The maximum absolute atomic E-state index is 12.7. The fraction of sp³-hybridized carbons (Fsp3) is 0.857. The highest BCUT2D eigenvalue weighted by Crippen LogP contribution is 2.18. The van der Waals surface area contributed by atoms with Crippen LogP contribution in [0.2, 0.25) is 0 Å². The maximum Gasteiger partial charge on any atom is 0.326 e. The molecule has 1 saturated heterocycles. The Morgan fingerprint density at radius 1 is 1.14 bits per heavy atom. The number of likely N-dealkylation sites (tertiary alicyclic amines) is 1. The topological polar surface area (TPSA) is 79.3 Å². The van der Waals surface area contributed by atoms with Gasteiger partial charge in [0.05, 0.1) is 13.2 Å². The average molecular weight is 302 g/mol. The van der Waals surface area contributed by atoms with Gasteiger partial charge < -0.3 is 24.4 Å². The summed E-state index contributed by atoms with van der Waals surface area (Å²) in [5, 5.41) is 9.35. The second-order valence-corrected chi connectivity index (χ2v) is 5.15. The van der Waals surface area contributed by atoms with Gasteiger partial charge in [0.25, 0.3) is 0 Å². The number of ether oxygens (including phenoxy) is 2. The molecule has 21 heavy (non-hydrogen) atoms. The number of nitrogens with zero attached hydrogens (tertiary/aromatic N) is 2. The second kappa shape index (κ2) is 9.57. The molecule has 0 saturated carbocycles. The number of carbonyl (C=O) groups excluding carboxylic acids is 1. The van der Waals surface area contributed by atoms with Crippen molar-refractivity contribution in [1.82, 2.24) is 9.80 Å². The van der Waals surface area contributed by atoms with E-state index in [0.29, 0.717) is 39.3 Å². The summed E-state index contributed by atoms with van der Waals surface area (Å²) in [6.45, 7) is 2.19. The number of carboxylic acids is 1.